The van der Waals surface area contributed by atoms with E-state index in [2.05, 4.69) is 59.5 Å². The molecule has 1 heteroatoms. The van der Waals surface area contributed by atoms with Crippen LogP contribution >= 0.6 is 0 Å². The minimum Gasteiger partial charge on any atom is -0.337 e. The summed E-state index contributed by atoms with van der Waals surface area (Å²) in [4.78, 5) is 3.22. The summed E-state index contributed by atoms with van der Waals surface area (Å²) in [5.74, 6) is 0. The van der Waals surface area contributed by atoms with Gasteiger partial charge in [0.05, 0.1) is 0 Å². The van der Waals surface area contributed by atoms with Crippen molar-refractivity contribution in [3.05, 3.63) is 76.9 Å². The number of hydrogen-bond donors (Lipinski definition) is 0. The first-order chi connectivity index (χ1) is 38.4. The third-order valence-corrected chi connectivity index (χ3v) is 27.6. The molecule has 1 heterocycles. The standard InChI is InChI=1S/C76H9N/c1-2-10-4-5-12-7-9-14(13-8-6-11(3-1)15(10)16(12)13)77-75-71-63-55-45-35-27-19-17-18-21-25-23(19)31-39-33(25)43-37-29(21)30-22(18)26-24-20(17)28(27)36-42-32(24)40-34(26)44-38(30)48-47(37)57-51(43)61-53(39)59(49(55)41(31)35)67(71)69(61)73-65(57)66-58(48)52(44)62-54(40)60-50(42)56(46(36)45)64(63)72(75)68(60)70(62)74(66)76(73,75)77/h1-9H. The van der Waals surface area contributed by atoms with Crippen LogP contribution in [0.2, 0.25) is 0 Å². The van der Waals surface area contributed by atoms with Crippen LogP contribution in [0, 0.1) is 0 Å². The summed E-state index contributed by atoms with van der Waals surface area (Å²) in [6, 6.07) is 22.0. The predicted molar refractivity (Wildman–Crippen MR) is 326 cm³/mol. The van der Waals surface area contributed by atoms with Crippen molar-refractivity contribution in [2.45, 2.75) is 11.1 Å². The van der Waals surface area contributed by atoms with Crippen LogP contribution in [0.3, 0.4) is 0 Å². The van der Waals surface area contributed by atoms with Crippen molar-refractivity contribution >= 4 is 329 Å². The maximum absolute atomic E-state index is 3.22. The van der Waals surface area contributed by atoms with Gasteiger partial charge in [0, 0.05) is 33.3 Å². The predicted octanol–water partition coefficient (Wildman–Crippen LogP) is 20.6. The summed E-state index contributed by atoms with van der Waals surface area (Å²) in [5, 5.41) is 98.1. The maximum atomic E-state index is 3.22. The van der Waals surface area contributed by atoms with Crippen molar-refractivity contribution < 1.29 is 0 Å². The Balaban J connectivity index is 1.04. The molecule has 0 N–H and O–H groups in total. The molecule has 0 bridgehead atoms. The van der Waals surface area contributed by atoms with Gasteiger partial charge >= 0.3 is 0 Å². The van der Waals surface area contributed by atoms with E-state index < -0.39 is 0 Å². The van der Waals surface area contributed by atoms with Gasteiger partial charge in [-0.05, 0) is 324 Å². The maximum Gasteiger partial charge on any atom is 0.126 e. The molecule has 0 atom stereocenters. The molecule has 32 aromatic rings. The van der Waals surface area contributed by atoms with Gasteiger partial charge < -0.3 is 4.90 Å². The zero-order valence-electron chi connectivity index (χ0n) is 39.1. The highest BCUT2D eigenvalue weighted by Crippen LogP contribution is 2.91. The summed E-state index contributed by atoms with van der Waals surface area (Å²) >= 11 is 0. The second-order valence-corrected chi connectivity index (χ2v) is 27.9. The van der Waals surface area contributed by atoms with Crippen molar-refractivity contribution in [1.82, 2.24) is 0 Å². The molecule has 77 heavy (non-hydrogen) atoms. The lowest BCUT2D eigenvalue weighted by molar-refractivity contribution is 0.731. The van der Waals surface area contributed by atoms with Crippen LogP contribution in [-0.4, -0.2) is 0 Å². The van der Waals surface area contributed by atoms with Gasteiger partial charge in [-0.15, -0.1) is 0 Å². The van der Waals surface area contributed by atoms with E-state index in [1.54, 1.807) is 313 Å². The van der Waals surface area contributed by atoms with Gasteiger partial charge in [0.1, 0.15) is 11.1 Å². The van der Waals surface area contributed by atoms with Crippen LogP contribution in [-0.2, 0) is 11.1 Å². The number of anilines is 1. The van der Waals surface area contributed by atoms with Crippen LogP contribution in [0.15, 0.2) is 54.6 Å². The van der Waals surface area contributed by atoms with E-state index in [4.69, 9.17) is 0 Å². The summed E-state index contributed by atoms with van der Waals surface area (Å²) in [7, 11) is 0. The molecular formula is C76H9N. The lowest BCUT2D eigenvalue weighted by Gasteiger charge is -2.29. The van der Waals surface area contributed by atoms with E-state index in [0.717, 1.165) is 0 Å². The van der Waals surface area contributed by atoms with E-state index in [0.29, 0.717) is 0 Å². The zero-order valence-corrected chi connectivity index (χ0v) is 39.1. The zero-order chi connectivity index (χ0) is 45.5. The Bertz CT molecular complexity index is 7770. The molecule has 1 saturated heterocycles. The SMILES string of the molecule is c1cc2ccc3ccc(N4C56c7c8c9c%10c%11c%12c(c%13c%14c5c5c7c7c%15c8c8c9c9c%11c%11c%16c%12c%12c%13c%13c%14c%14c5c5c7c7c%15c%15c8c8c9c%11c9c%11c%16c%12c%12c%13c%13c%14c5c5c7c7c%15c8c9c8c%11c%12c%13c5c78)C%1046)c4ccc(c1)c2c34. The van der Waals surface area contributed by atoms with Crippen molar-refractivity contribution in [2.75, 3.05) is 4.90 Å². The van der Waals surface area contributed by atoms with Crippen LogP contribution < -0.4 is 4.90 Å². The van der Waals surface area contributed by atoms with Crippen molar-refractivity contribution in [3.63, 3.8) is 0 Å². The van der Waals surface area contributed by atoms with Gasteiger partial charge in [0.2, 0.25) is 0 Å². The van der Waals surface area contributed by atoms with Crippen LogP contribution in [0.4, 0.5) is 5.69 Å². The van der Waals surface area contributed by atoms with Crippen LogP contribution in [0.25, 0.3) is 323 Å². The summed E-state index contributed by atoms with van der Waals surface area (Å²) < 4.78 is 0. The van der Waals surface area contributed by atoms with E-state index in [-0.39, 0.29) is 11.1 Å². The Hall–Kier alpha value is -9.82. The molecule has 4 aliphatic carbocycles. The van der Waals surface area contributed by atoms with Crippen molar-refractivity contribution in [1.29, 1.82) is 0 Å². The Morgan fingerprint density at radius 3 is 0.610 bits per heavy atom. The van der Waals surface area contributed by atoms with E-state index in [9.17, 15) is 0 Å². The number of benzene rings is 22. The van der Waals surface area contributed by atoms with Crippen molar-refractivity contribution in [3.8, 4) is 0 Å². The molecule has 37 rings (SSSR count). The van der Waals surface area contributed by atoms with Gasteiger partial charge in [-0.3, -0.25) is 0 Å². The normalized spacial score (nSPS) is 21.6. The molecule has 0 amide bonds. The second kappa shape index (κ2) is 6.43. The minimum absolute atomic E-state index is 0.388. The molecule has 318 valence electrons. The first kappa shape index (κ1) is 28.2. The fraction of sp³-hybridized carbons (Fsp3) is 0.0263. The highest BCUT2D eigenvalue weighted by molar-refractivity contribution is 6.82. The van der Waals surface area contributed by atoms with E-state index in [1.165, 1.54) is 38.0 Å². The molecule has 1 fully saturated rings. The van der Waals surface area contributed by atoms with Crippen LogP contribution in [0.5, 0.6) is 0 Å². The summed E-state index contributed by atoms with van der Waals surface area (Å²) in [5.41, 5.74) is 7.56. The highest BCUT2D eigenvalue weighted by Gasteiger charge is 2.86. The molecule has 0 unspecified atom stereocenters. The number of hydrogen-bond acceptors (Lipinski definition) is 1. The van der Waals surface area contributed by atoms with Gasteiger partial charge in [-0.2, -0.15) is 0 Å². The lowest BCUT2D eigenvalue weighted by atomic mass is 9.68. The molecule has 0 radical (unpaired) electrons. The molecule has 5 aliphatic rings. The van der Waals surface area contributed by atoms with Gasteiger partial charge in [0.25, 0.3) is 0 Å². The largest absolute Gasteiger partial charge is 0.337 e. The number of rotatable bonds is 1. The quantitative estimate of drug-likeness (QED) is 0.117. The highest BCUT2D eigenvalue weighted by atomic mass is 15.5. The van der Waals surface area contributed by atoms with Gasteiger partial charge in [-0.25, -0.2) is 0 Å². The summed E-state index contributed by atoms with van der Waals surface area (Å²) in [6.45, 7) is 0. The molecule has 0 saturated carbocycles. The first-order valence-electron chi connectivity index (χ1n) is 28.6. The van der Waals surface area contributed by atoms with Crippen molar-refractivity contribution in [2.24, 2.45) is 0 Å². The third kappa shape index (κ3) is 1.53. The fourth-order valence-electron chi connectivity index (χ4n) is 27.3. The molecule has 1 nitrogen and oxygen atoms in total. The molecule has 1 aliphatic heterocycles. The minimum atomic E-state index is -0.388. The van der Waals surface area contributed by atoms with Gasteiger partial charge in [0.15, 0.2) is 0 Å². The van der Waals surface area contributed by atoms with Gasteiger partial charge in [-0.1, -0.05) is 48.5 Å². The molecule has 32 aromatic carbocycles. The monoisotopic (exact) mass is 935 g/mol. The average molecular weight is 936 g/mol. The Labute approximate surface area is 419 Å². The molecule has 2 spiro atoms. The summed E-state index contributed by atoms with van der Waals surface area (Å²) in [6.07, 6.45) is 0. The fourth-order valence-corrected chi connectivity index (χ4v) is 27.3. The Morgan fingerprint density at radius 2 is 0.364 bits per heavy atom. The Kier molecular flexibility index (Phi) is 2.35. The van der Waals surface area contributed by atoms with Crippen LogP contribution in [0.1, 0.15) is 22.3 Å². The lowest BCUT2D eigenvalue weighted by Crippen LogP contribution is -2.27. The van der Waals surface area contributed by atoms with E-state index in [1.807, 2.05) is 0 Å². The third-order valence-electron chi connectivity index (χ3n) is 27.6. The Morgan fingerprint density at radius 1 is 0.169 bits per heavy atom. The average Bonchev–Trinajstić information content (AvgIpc) is 1.46. The number of nitrogens with zero attached hydrogens (tertiary/aromatic N) is 1. The molecular weight excluding hydrogens is 927 g/mol. The first-order valence-corrected chi connectivity index (χ1v) is 28.6. The molecule has 0 aromatic heterocycles. The smallest absolute Gasteiger partial charge is 0.126 e. The second-order valence-electron chi connectivity index (χ2n) is 27.9. The van der Waals surface area contributed by atoms with E-state index >= 15 is 0 Å². The topological polar surface area (TPSA) is 3.01 Å².